The number of aliphatic hydroxyl groups excluding tert-OH is 1. The van der Waals surface area contributed by atoms with Gasteiger partial charge in [0, 0.05) is 24.1 Å². The number of fused-ring (bicyclic) bond motifs is 2. The fourth-order valence-electron chi connectivity index (χ4n) is 4.70. The minimum absolute atomic E-state index is 0.0159. The van der Waals surface area contributed by atoms with E-state index in [1.807, 2.05) is 29.2 Å². The molecule has 3 atom stereocenters. The van der Waals surface area contributed by atoms with E-state index in [0.29, 0.717) is 35.4 Å². The molecule has 6 heteroatoms. The molecule has 1 amide bonds. The van der Waals surface area contributed by atoms with Crippen molar-refractivity contribution in [3.63, 3.8) is 0 Å². The molecular formula is C24H23NO5. The van der Waals surface area contributed by atoms with Crippen LogP contribution in [0.2, 0.25) is 0 Å². The van der Waals surface area contributed by atoms with Crippen LogP contribution < -0.4 is 5.63 Å². The minimum atomic E-state index is -0.425. The van der Waals surface area contributed by atoms with Crippen LogP contribution >= 0.6 is 0 Å². The highest BCUT2D eigenvalue weighted by Gasteiger charge is 2.42. The average Bonchev–Trinajstić information content (AvgIpc) is 3.22. The first-order chi connectivity index (χ1) is 14.6. The van der Waals surface area contributed by atoms with Crippen molar-refractivity contribution in [3.8, 4) is 11.1 Å². The number of nitrogens with zero attached hydrogens (tertiary/aromatic N) is 1. The molecule has 6 nitrogen and oxygen atoms in total. The first kappa shape index (κ1) is 19.0. The van der Waals surface area contributed by atoms with E-state index >= 15 is 0 Å². The van der Waals surface area contributed by atoms with Gasteiger partial charge in [0.05, 0.1) is 24.3 Å². The van der Waals surface area contributed by atoms with Crippen molar-refractivity contribution in [2.24, 2.45) is 5.92 Å². The van der Waals surface area contributed by atoms with E-state index in [-0.39, 0.29) is 30.6 Å². The summed E-state index contributed by atoms with van der Waals surface area (Å²) in [5, 5.41) is 10.4. The minimum Gasteiger partial charge on any atom is -0.422 e. The lowest BCUT2D eigenvalue weighted by Crippen LogP contribution is -2.51. The molecule has 1 saturated carbocycles. The highest BCUT2D eigenvalue weighted by Crippen LogP contribution is 2.35. The molecule has 1 aliphatic heterocycles. The standard InChI is InChI=1S/C24H23NO5/c26-14-15-10-20-22(11-15)29-9-8-25(20)23(27)18-6-3-5-16(12-18)19-13-17-4-1-2-7-21(17)30-24(19)28/h1-7,12-13,15,20,22,26H,8-11,14H2/t15-,20+,22+/m1/s1. The van der Waals surface area contributed by atoms with Crippen molar-refractivity contribution >= 4 is 16.9 Å². The van der Waals surface area contributed by atoms with Crippen LogP contribution in [0.4, 0.5) is 0 Å². The number of hydrogen-bond acceptors (Lipinski definition) is 5. The van der Waals surface area contributed by atoms with Gasteiger partial charge in [-0.3, -0.25) is 4.79 Å². The second kappa shape index (κ2) is 7.70. The van der Waals surface area contributed by atoms with Crippen LogP contribution in [0.15, 0.2) is 63.8 Å². The third-order valence-electron chi connectivity index (χ3n) is 6.22. The molecule has 0 spiro atoms. The Balaban J connectivity index is 1.47. The van der Waals surface area contributed by atoms with Gasteiger partial charge in [-0.05, 0) is 48.6 Å². The lowest BCUT2D eigenvalue weighted by Gasteiger charge is -2.37. The predicted octanol–water partition coefficient (Wildman–Crippen LogP) is 3.07. The van der Waals surface area contributed by atoms with Gasteiger partial charge in [0.15, 0.2) is 0 Å². The van der Waals surface area contributed by atoms with E-state index in [2.05, 4.69) is 0 Å². The first-order valence-corrected chi connectivity index (χ1v) is 10.3. The normalized spacial score (nSPS) is 23.5. The molecule has 2 aliphatic rings. The summed E-state index contributed by atoms with van der Waals surface area (Å²) in [5.41, 5.74) is 1.74. The zero-order valence-electron chi connectivity index (χ0n) is 16.5. The molecule has 2 heterocycles. The molecule has 0 unspecified atom stereocenters. The third kappa shape index (κ3) is 3.32. The smallest absolute Gasteiger partial charge is 0.344 e. The van der Waals surface area contributed by atoms with Gasteiger partial charge < -0.3 is 19.2 Å². The maximum absolute atomic E-state index is 13.3. The lowest BCUT2D eigenvalue weighted by atomic mass is 10.0. The quantitative estimate of drug-likeness (QED) is 0.678. The Hall–Kier alpha value is -2.96. The number of carbonyl (C=O) groups excluding carboxylic acids is 1. The molecule has 0 radical (unpaired) electrons. The topological polar surface area (TPSA) is 80.0 Å². The van der Waals surface area contributed by atoms with E-state index in [1.165, 1.54) is 0 Å². The number of ether oxygens (including phenoxy) is 1. The molecule has 30 heavy (non-hydrogen) atoms. The predicted molar refractivity (Wildman–Crippen MR) is 112 cm³/mol. The summed E-state index contributed by atoms with van der Waals surface area (Å²) in [6.45, 7) is 1.14. The molecule has 2 aromatic carbocycles. The van der Waals surface area contributed by atoms with E-state index in [4.69, 9.17) is 9.15 Å². The van der Waals surface area contributed by atoms with E-state index in [9.17, 15) is 14.7 Å². The maximum Gasteiger partial charge on any atom is 0.344 e. The van der Waals surface area contributed by atoms with Crippen molar-refractivity contribution in [2.75, 3.05) is 19.8 Å². The maximum atomic E-state index is 13.3. The number of aliphatic hydroxyl groups is 1. The second-order valence-corrected chi connectivity index (χ2v) is 8.06. The zero-order chi connectivity index (χ0) is 20.7. The van der Waals surface area contributed by atoms with Gasteiger partial charge in [-0.15, -0.1) is 0 Å². The molecule has 2 fully saturated rings. The van der Waals surface area contributed by atoms with Gasteiger partial charge in [0.1, 0.15) is 5.58 Å². The van der Waals surface area contributed by atoms with Crippen LogP contribution in [-0.2, 0) is 4.74 Å². The average molecular weight is 405 g/mol. The summed E-state index contributed by atoms with van der Waals surface area (Å²) in [6.07, 6.45) is 1.51. The summed E-state index contributed by atoms with van der Waals surface area (Å²) >= 11 is 0. The molecular weight excluding hydrogens is 382 g/mol. The number of hydrogen-bond donors (Lipinski definition) is 1. The van der Waals surface area contributed by atoms with E-state index in [1.54, 1.807) is 30.3 Å². The highest BCUT2D eigenvalue weighted by molar-refractivity contribution is 5.96. The number of benzene rings is 2. The van der Waals surface area contributed by atoms with Crippen LogP contribution in [0.1, 0.15) is 23.2 Å². The Bertz CT molecular complexity index is 1150. The van der Waals surface area contributed by atoms with Crippen molar-refractivity contribution in [2.45, 2.75) is 25.0 Å². The summed E-state index contributed by atoms with van der Waals surface area (Å²) in [5.74, 6) is 0.0980. The molecule has 1 saturated heterocycles. The second-order valence-electron chi connectivity index (χ2n) is 8.06. The number of rotatable bonds is 3. The molecule has 0 bridgehead atoms. The van der Waals surface area contributed by atoms with Crippen LogP contribution in [0.5, 0.6) is 0 Å². The summed E-state index contributed by atoms with van der Waals surface area (Å²) < 4.78 is 11.3. The Morgan fingerprint density at radius 3 is 2.83 bits per heavy atom. The monoisotopic (exact) mass is 405 g/mol. The Kier molecular flexibility index (Phi) is 4.89. The summed E-state index contributed by atoms with van der Waals surface area (Å²) in [4.78, 5) is 27.7. The van der Waals surface area contributed by atoms with Gasteiger partial charge in [-0.1, -0.05) is 30.3 Å². The number of morpholine rings is 1. The molecule has 1 N–H and O–H groups in total. The van der Waals surface area contributed by atoms with Crippen molar-refractivity contribution in [3.05, 3.63) is 70.6 Å². The fourth-order valence-corrected chi connectivity index (χ4v) is 4.70. The Morgan fingerprint density at radius 2 is 1.97 bits per heavy atom. The van der Waals surface area contributed by atoms with Crippen LogP contribution in [0.25, 0.3) is 22.1 Å². The number of carbonyl (C=O) groups is 1. The Labute approximate surface area is 173 Å². The SMILES string of the molecule is O=C(c1cccc(-c2cc3ccccc3oc2=O)c1)N1CCO[C@H]2C[C@H](CO)C[C@@H]21. The number of para-hydroxylation sites is 1. The summed E-state index contributed by atoms with van der Waals surface area (Å²) in [7, 11) is 0. The van der Waals surface area contributed by atoms with Crippen molar-refractivity contribution in [1.29, 1.82) is 0 Å². The lowest BCUT2D eigenvalue weighted by molar-refractivity contribution is -0.0448. The number of amides is 1. The Morgan fingerprint density at radius 1 is 1.10 bits per heavy atom. The molecule has 3 aromatic rings. The largest absolute Gasteiger partial charge is 0.422 e. The van der Waals surface area contributed by atoms with Crippen LogP contribution in [0.3, 0.4) is 0 Å². The van der Waals surface area contributed by atoms with Crippen molar-refractivity contribution in [1.82, 2.24) is 4.90 Å². The van der Waals surface area contributed by atoms with Gasteiger partial charge >= 0.3 is 5.63 Å². The van der Waals surface area contributed by atoms with Crippen LogP contribution in [0, 0.1) is 5.92 Å². The first-order valence-electron chi connectivity index (χ1n) is 10.3. The van der Waals surface area contributed by atoms with Gasteiger partial charge in [0.2, 0.25) is 0 Å². The third-order valence-corrected chi connectivity index (χ3v) is 6.22. The highest BCUT2D eigenvalue weighted by atomic mass is 16.5. The van der Waals surface area contributed by atoms with Crippen LogP contribution in [-0.4, -0.2) is 47.8 Å². The van der Waals surface area contributed by atoms with E-state index < -0.39 is 5.63 Å². The summed E-state index contributed by atoms with van der Waals surface area (Å²) in [6, 6.07) is 16.3. The van der Waals surface area contributed by atoms with E-state index in [0.717, 1.165) is 18.2 Å². The molecule has 1 aromatic heterocycles. The molecule has 1 aliphatic carbocycles. The zero-order valence-corrected chi connectivity index (χ0v) is 16.5. The van der Waals surface area contributed by atoms with Gasteiger partial charge in [-0.25, -0.2) is 4.79 Å². The molecule has 154 valence electrons. The van der Waals surface area contributed by atoms with Crippen molar-refractivity contribution < 1.29 is 19.1 Å². The van der Waals surface area contributed by atoms with Gasteiger partial charge in [-0.2, -0.15) is 0 Å². The van der Waals surface area contributed by atoms with Gasteiger partial charge in [0.25, 0.3) is 5.91 Å². The molecule has 5 rings (SSSR count). The fraction of sp³-hybridized carbons (Fsp3) is 0.333.